The highest BCUT2D eigenvalue weighted by Crippen LogP contribution is 2.23. The molecule has 4 heteroatoms. The second kappa shape index (κ2) is 6.78. The summed E-state index contributed by atoms with van der Waals surface area (Å²) in [5.41, 5.74) is 2.11. The van der Waals surface area contributed by atoms with Crippen LogP contribution >= 0.6 is 0 Å². The maximum absolute atomic E-state index is 5.86. The van der Waals surface area contributed by atoms with Gasteiger partial charge in [-0.1, -0.05) is 30.3 Å². The normalized spacial score (nSPS) is 15.9. The van der Waals surface area contributed by atoms with Crippen LogP contribution in [-0.4, -0.2) is 22.6 Å². The van der Waals surface area contributed by atoms with Crippen molar-refractivity contribution in [3.8, 4) is 0 Å². The van der Waals surface area contributed by atoms with Gasteiger partial charge in [-0.25, -0.2) is 9.97 Å². The number of ether oxygens (including phenoxy) is 1. The van der Waals surface area contributed by atoms with E-state index in [1.807, 2.05) is 37.4 Å². The lowest BCUT2D eigenvalue weighted by Gasteiger charge is -2.16. The third kappa shape index (κ3) is 3.86. The van der Waals surface area contributed by atoms with Crippen molar-refractivity contribution < 1.29 is 4.74 Å². The van der Waals surface area contributed by atoms with Crippen LogP contribution in [0, 0.1) is 0 Å². The molecule has 1 fully saturated rings. The standard InChI is InChI=1S/C17H21N3O/c1-2-21-16(13-6-4-3-5-7-13)17-18-11-10-15(20-17)12-19-14-8-9-14/h3-7,10-11,14,16,19H,2,8-9,12H2,1H3. The summed E-state index contributed by atoms with van der Waals surface area (Å²) in [6.45, 7) is 3.43. The second-order valence-corrected chi connectivity index (χ2v) is 5.31. The van der Waals surface area contributed by atoms with E-state index in [9.17, 15) is 0 Å². The Morgan fingerprint density at radius 1 is 1.24 bits per heavy atom. The summed E-state index contributed by atoms with van der Waals surface area (Å²) >= 11 is 0. The van der Waals surface area contributed by atoms with E-state index in [0.717, 1.165) is 23.6 Å². The monoisotopic (exact) mass is 283 g/mol. The molecule has 1 unspecified atom stereocenters. The molecule has 0 radical (unpaired) electrons. The smallest absolute Gasteiger partial charge is 0.162 e. The Hall–Kier alpha value is -1.78. The summed E-state index contributed by atoms with van der Waals surface area (Å²) in [5, 5.41) is 3.48. The van der Waals surface area contributed by atoms with Crippen molar-refractivity contribution in [3.63, 3.8) is 0 Å². The number of benzene rings is 1. The summed E-state index contributed by atoms with van der Waals surface area (Å²) in [7, 11) is 0. The van der Waals surface area contributed by atoms with Crippen molar-refractivity contribution in [3.05, 3.63) is 59.7 Å². The van der Waals surface area contributed by atoms with Gasteiger partial charge in [-0.15, -0.1) is 0 Å². The molecule has 1 N–H and O–H groups in total. The zero-order valence-corrected chi connectivity index (χ0v) is 12.3. The number of aromatic nitrogens is 2. The third-order valence-corrected chi connectivity index (χ3v) is 3.55. The number of nitrogens with one attached hydrogen (secondary N) is 1. The molecule has 1 aliphatic rings. The summed E-state index contributed by atoms with van der Waals surface area (Å²) < 4.78 is 5.86. The van der Waals surface area contributed by atoms with Crippen molar-refractivity contribution in [2.24, 2.45) is 0 Å². The summed E-state index contributed by atoms with van der Waals surface area (Å²) in [6.07, 6.45) is 4.19. The highest BCUT2D eigenvalue weighted by Gasteiger charge is 2.21. The molecule has 2 aromatic rings. The highest BCUT2D eigenvalue weighted by atomic mass is 16.5. The van der Waals surface area contributed by atoms with Crippen LogP contribution in [0.1, 0.15) is 43.0 Å². The van der Waals surface area contributed by atoms with Gasteiger partial charge in [0.05, 0.1) is 5.69 Å². The van der Waals surface area contributed by atoms with Crippen molar-refractivity contribution >= 4 is 0 Å². The molecule has 1 aliphatic carbocycles. The van der Waals surface area contributed by atoms with Crippen molar-refractivity contribution in [2.75, 3.05) is 6.61 Å². The molecular weight excluding hydrogens is 262 g/mol. The van der Waals surface area contributed by atoms with Gasteiger partial charge in [0.25, 0.3) is 0 Å². The minimum atomic E-state index is -0.197. The van der Waals surface area contributed by atoms with Gasteiger partial charge in [0.15, 0.2) is 5.82 Å². The zero-order valence-electron chi connectivity index (χ0n) is 12.3. The lowest BCUT2D eigenvalue weighted by atomic mass is 10.1. The SMILES string of the molecule is CCOC(c1ccccc1)c1nccc(CNC2CC2)n1. The fourth-order valence-corrected chi connectivity index (χ4v) is 2.29. The first-order valence-electron chi connectivity index (χ1n) is 7.58. The molecule has 1 heterocycles. The Morgan fingerprint density at radius 3 is 2.76 bits per heavy atom. The van der Waals surface area contributed by atoms with Crippen LogP contribution in [0.4, 0.5) is 0 Å². The van der Waals surface area contributed by atoms with Crippen LogP contribution in [0.5, 0.6) is 0 Å². The first-order chi connectivity index (χ1) is 10.4. The molecule has 0 spiro atoms. The van der Waals surface area contributed by atoms with Gasteiger partial charge in [0.2, 0.25) is 0 Å². The minimum Gasteiger partial charge on any atom is -0.366 e. The van der Waals surface area contributed by atoms with Crippen LogP contribution in [0.25, 0.3) is 0 Å². The number of nitrogens with zero attached hydrogens (tertiary/aromatic N) is 2. The van der Waals surface area contributed by atoms with Crippen LogP contribution in [-0.2, 0) is 11.3 Å². The second-order valence-electron chi connectivity index (χ2n) is 5.31. The molecule has 0 bridgehead atoms. The molecule has 1 aromatic carbocycles. The van der Waals surface area contributed by atoms with Gasteiger partial charge in [0.1, 0.15) is 6.10 Å². The van der Waals surface area contributed by atoms with Gasteiger partial charge in [0, 0.05) is 25.4 Å². The molecule has 21 heavy (non-hydrogen) atoms. The van der Waals surface area contributed by atoms with E-state index in [0.29, 0.717) is 12.6 Å². The lowest BCUT2D eigenvalue weighted by Crippen LogP contribution is -2.18. The largest absolute Gasteiger partial charge is 0.366 e. The van der Waals surface area contributed by atoms with E-state index < -0.39 is 0 Å². The van der Waals surface area contributed by atoms with E-state index >= 15 is 0 Å². The average molecular weight is 283 g/mol. The Balaban J connectivity index is 1.79. The van der Waals surface area contributed by atoms with E-state index in [4.69, 9.17) is 4.74 Å². The van der Waals surface area contributed by atoms with Gasteiger partial charge < -0.3 is 10.1 Å². The summed E-state index contributed by atoms with van der Waals surface area (Å²) in [5.74, 6) is 0.734. The fraction of sp³-hybridized carbons (Fsp3) is 0.412. The molecule has 0 aliphatic heterocycles. The Morgan fingerprint density at radius 2 is 2.05 bits per heavy atom. The Bertz CT molecular complexity index is 569. The first kappa shape index (κ1) is 14.2. The molecule has 1 aromatic heterocycles. The number of rotatable bonds is 7. The van der Waals surface area contributed by atoms with E-state index in [1.165, 1.54) is 12.8 Å². The maximum Gasteiger partial charge on any atom is 0.162 e. The summed E-state index contributed by atoms with van der Waals surface area (Å²) in [4.78, 5) is 9.08. The van der Waals surface area contributed by atoms with Gasteiger partial charge in [-0.3, -0.25) is 0 Å². The highest BCUT2D eigenvalue weighted by molar-refractivity contribution is 5.23. The number of hydrogen-bond acceptors (Lipinski definition) is 4. The van der Waals surface area contributed by atoms with E-state index in [1.54, 1.807) is 0 Å². The minimum absolute atomic E-state index is 0.197. The molecule has 0 amide bonds. The Labute approximate surface area is 125 Å². The Kier molecular flexibility index (Phi) is 4.58. The van der Waals surface area contributed by atoms with Crippen molar-refractivity contribution in [1.29, 1.82) is 0 Å². The molecule has 0 saturated heterocycles. The molecule has 4 nitrogen and oxygen atoms in total. The van der Waals surface area contributed by atoms with Crippen molar-refractivity contribution in [2.45, 2.75) is 38.5 Å². The maximum atomic E-state index is 5.86. The topological polar surface area (TPSA) is 47.0 Å². The number of hydrogen-bond donors (Lipinski definition) is 1. The van der Waals surface area contributed by atoms with E-state index in [-0.39, 0.29) is 6.10 Å². The van der Waals surface area contributed by atoms with E-state index in [2.05, 4.69) is 27.4 Å². The predicted octanol–water partition coefficient (Wildman–Crippen LogP) is 2.85. The lowest BCUT2D eigenvalue weighted by molar-refractivity contribution is 0.0849. The van der Waals surface area contributed by atoms with Crippen molar-refractivity contribution in [1.82, 2.24) is 15.3 Å². The average Bonchev–Trinajstić information content (AvgIpc) is 3.36. The quantitative estimate of drug-likeness (QED) is 0.849. The molecule has 1 atom stereocenters. The van der Waals surface area contributed by atoms with Crippen LogP contribution in [0.2, 0.25) is 0 Å². The van der Waals surface area contributed by atoms with Crippen LogP contribution < -0.4 is 5.32 Å². The fourth-order valence-electron chi connectivity index (χ4n) is 2.29. The van der Waals surface area contributed by atoms with Crippen LogP contribution in [0.15, 0.2) is 42.6 Å². The predicted molar refractivity (Wildman–Crippen MR) is 81.8 cm³/mol. The molecule has 1 saturated carbocycles. The first-order valence-corrected chi connectivity index (χ1v) is 7.58. The third-order valence-electron chi connectivity index (χ3n) is 3.55. The molecular formula is C17H21N3O. The molecule has 110 valence electrons. The summed E-state index contributed by atoms with van der Waals surface area (Å²) in [6, 6.07) is 12.8. The van der Waals surface area contributed by atoms with Gasteiger partial charge in [-0.05, 0) is 31.4 Å². The molecule has 3 rings (SSSR count). The van der Waals surface area contributed by atoms with Gasteiger partial charge >= 0.3 is 0 Å². The van der Waals surface area contributed by atoms with Crippen LogP contribution in [0.3, 0.4) is 0 Å². The zero-order chi connectivity index (χ0) is 14.5. The van der Waals surface area contributed by atoms with Gasteiger partial charge in [-0.2, -0.15) is 0 Å².